The molecular weight excluding hydrogens is 1180 g/mol. The molecule has 0 spiro atoms. The van der Waals surface area contributed by atoms with Gasteiger partial charge in [-0.1, -0.05) is 232 Å². The SMILES string of the molecule is CCCCCCC1(CCCCCC)c2cc(-c3ccc(I)s3)ccc2-c2c1c1c(c3c2C(CCCCCC)(CCCCCC)c2cc(-c4ccc(C=O)s4)ccc2-3)C(CCCCCC)(CCCCCC)c2cc(-c3ccc(C=O)s3)ccc2-1. The van der Waals surface area contributed by atoms with Crippen LogP contribution in [0.3, 0.4) is 0 Å². The van der Waals surface area contributed by atoms with Gasteiger partial charge in [0.1, 0.15) is 0 Å². The van der Waals surface area contributed by atoms with E-state index in [0.717, 1.165) is 48.0 Å². The monoisotopic (exact) mass is 1270 g/mol. The number of fused-ring (bicyclic) bond motifs is 12. The van der Waals surface area contributed by atoms with Gasteiger partial charge in [-0.05, 0) is 199 Å². The molecule has 83 heavy (non-hydrogen) atoms. The van der Waals surface area contributed by atoms with Crippen LogP contribution in [0.25, 0.3) is 64.7 Å². The zero-order valence-corrected chi connectivity index (χ0v) is 56.1. The Morgan fingerprint density at radius 3 is 0.855 bits per heavy atom. The Bertz CT molecular complexity index is 3230. The minimum absolute atomic E-state index is 0.174. The summed E-state index contributed by atoms with van der Waals surface area (Å²) in [6, 6.07) is 36.6. The van der Waals surface area contributed by atoms with Gasteiger partial charge in [-0.15, -0.1) is 34.0 Å². The lowest BCUT2D eigenvalue weighted by molar-refractivity contribution is 0.111. The highest BCUT2D eigenvalue weighted by molar-refractivity contribution is 14.1. The molecule has 0 fully saturated rings. The predicted molar refractivity (Wildman–Crippen MR) is 371 cm³/mol. The summed E-state index contributed by atoms with van der Waals surface area (Å²) in [6.07, 6.45) is 38.7. The summed E-state index contributed by atoms with van der Waals surface area (Å²) in [4.78, 5) is 30.1. The van der Waals surface area contributed by atoms with Crippen LogP contribution in [0.4, 0.5) is 0 Å². The largest absolute Gasteiger partial charge is 0.297 e. The minimum Gasteiger partial charge on any atom is -0.297 e. The van der Waals surface area contributed by atoms with E-state index in [2.05, 4.69) is 143 Å². The summed E-state index contributed by atoms with van der Waals surface area (Å²) in [5, 5.41) is 0. The number of thiophene rings is 3. The van der Waals surface area contributed by atoms with Gasteiger partial charge in [0.15, 0.2) is 12.6 Å². The number of benzene rings is 4. The summed E-state index contributed by atoms with van der Waals surface area (Å²) in [6.45, 7) is 14.3. The molecule has 3 aliphatic rings. The molecule has 0 saturated heterocycles. The van der Waals surface area contributed by atoms with Crippen LogP contribution in [0.15, 0.2) is 91.0 Å². The van der Waals surface area contributed by atoms with E-state index in [4.69, 9.17) is 0 Å². The zero-order chi connectivity index (χ0) is 58.0. The first-order chi connectivity index (χ1) is 40.7. The quantitative estimate of drug-likeness (QED) is 0.0225. The Hall–Kier alpha value is -3.95. The van der Waals surface area contributed by atoms with Crippen molar-refractivity contribution >= 4 is 69.2 Å². The van der Waals surface area contributed by atoms with E-state index in [1.54, 1.807) is 72.7 Å². The maximum atomic E-state index is 12.4. The van der Waals surface area contributed by atoms with Crippen molar-refractivity contribution in [3.8, 4) is 64.7 Å². The van der Waals surface area contributed by atoms with Crippen molar-refractivity contribution in [2.75, 3.05) is 0 Å². The molecule has 3 heterocycles. The maximum Gasteiger partial charge on any atom is 0.160 e. The highest BCUT2D eigenvalue weighted by Crippen LogP contribution is 2.72. The van der Waals surface area contributed by atoms with E-state index in [9.17, 15) is 9.59 Å². The fourth-order valence-electron chi connectivity index (χ4n) is 16.0. The van der Waals surface area contributed by atoms with E-state index in [1.807, 2.05) is 23.5 Å². The first-order valence-corrected chi connectivity index (χ1v) is 36.8. The van der Waals surface area contributed by atoms with Gasteiger partial charge in [0.05, 0.1) is 12.6 Å². The van der Waals surface area contributed by atoms with Crippen molar-refractivity contribution in [2.24, 2.45) is 0 Å². The second kappa shape index (κ2) is 28.7. The molecule has 0 atom stereocenters. The minimum atomic E-state index is -0.209. The standard InChI is InChI=1S/C77H95IO2S3/c1-7-13-19-25-43-75(44-26-20-14-8-2)63-50-55(66-40-35-58(53-80)82-66)32-37-60(63)70-72(75)69-59-36-31-54(65-39-34-57(52-79)81-65)49-62(59)76(45-27-21-15-9-3,46-28-22-16-10-4)73(69)71-61-38-33-56(67-41-42-68(78)83-67)51-64(61)77(74(70)71,47-29-23-17-11-5)48-30-24-18-12-6/h31-42,49-53H,7-30,43-48H2,1-6H3. The molecule has 0 radical (unpaired) electrons. The highest BCUT2D eigenvalue weighted by atomic mass is 127. The lowest BCUT2D eigenvalue weighted by Gasteiger charge is -2.40. The average Bonchev–Trinajstić information content (AvgIpc) is 4.47. The second-order valence-electron chi connectivity index (χ2n) is 25.4. The van der Waals surface area contributed by atoms with Crippen molar-refractivity contribution in [2.45, 2.75) is 250 Å². The summed E-state index contributed by atoms with van der Waals surface area (Å²) < 4.78 is 1.34. The first-order valence-electron chi connectivity index (χ1n) is 33.3. The fourth-order valence-corrected chi connectivity index (χ4v) is 19.3. The van der Waals surface area contributed by atoms with Crippen LogP contribution in [0.2, 0.25) is 0 Å². The van der Waals surface area contributed by atoms with Gasteiger partial charge in [-0.3, -0.25) is 9.59 Å². The Labute approximate surface area is 526 Å². The molecular formula is C77H95IO2S3. The normalized spacial score (nSPS) is 14.6. The molecule has 0 bridgehead atoms. The Morgan fingerprint density at radius 2 is 0.614 bits per heavy atom. The molecule has 440 valence electrons. The summed E-state index contributed by atoms with van der Waals surface area (Å²) in [7, 11) is 0. The molecule has 0 aliphatic heterocycles. The van der Waals surface area contributed by atoms with Crippen LogP contribution >= 0.6 is 56.6 Å². The van der Waals surface area contributed by atoms with E-state index < -0.39 is 0 Å². The molecule has 7 aromatic rings. The molecule has 3 aromatic heterocycles. The molecule has 6 heteroatoms. The fraction of sp³-hybridized carbons (Fsp3) is 0.506. The maximum absolute atomic E-state index is 12.4. The summed E-state index contributed by atoms with van der Waals surface area (Å²) in [5.74, 6) is 0. The number of unbranched alkanes of at least 4 members (excludes halogenated alkanes) is 18. The molecule has 0 amide bonds. The lowest BCUT2D eigenvalue weighted by Crippen LogP contribution is -2.31. The third kappa shape index (κ3) is 12.2. The van der Waals surface area contributed by atoms with Gasteiger partial charge in [0.25, 0.3) is 0 Å². The number of aldehydes is 2. The van der Waals surface area contributed by atoms with Crippen molar-refractivity contribution in [3.05, 3.63) is 137 Å². The van der Waals surface area contributed by atoms with Gasteiger partial charge in [0, 0.05) is 30.9 Å². The third-order valence-electron chi connectivity index (χ3n) is 20.0. The van der Waals surface area contributed by atoms with Gasteiger partial charge < -0.3 is 0 Å². The number of carbonyl (C=O) groups is 2. The van der Waals surface area contributed by atoms with Gasteiger partial charge in [-0.2, -0.15) is 0 Å². The molecule has 0 unspecified atom stereocenters. The second-order valence-corrected chi connectivity index (χ2v) is 30.6. The van der Waals surface area contributed by atoms with Crippen LogP contribution in [0.1, 0.15) is 287 Å². The Balaban J connectivity index is 1.41. The van der Waals surface area contributed by atoms with Crippen LogP contribution in [0, 0.1) is 2.88 Å². The number of rotatable bonds is 35. The van der Waals surface area contributed by atoms with Gasteiger partial charge in [0.2, 0.25) is 0 Å². The molecule has 0 N–H and O–H groups in total. The van der Waals surface area contributed by atoms with Crippen molar-refractivity contribution in [1.82, 2.24) is 0 Å². The van der Waals surface area contributed by atoms with E-state index >= 15 is 0 Å². The average molecular weight is 1280 g/mol. The number of carbonyl (C=O) groups excluding carboxylic acids is 2. The molecule has 10 rings (SSSR count). The smallest absolute Gasteiger partial charge is 0.160 e. The zero-order valence-electron chi connectivity index (χ0n) is 51.4. The molecule has 2 nitrogen and oxygen atoms in total. The summed E-state index contributed by atoms with van der Waals surface area (Å²) >= 11 is 7.78. The van der Waals surface area contributed by atoms with Crippen LogP contribution < -0.4 is 0 Å². The third-order valence-corrected chi connectivity index (χ3v) is 24.1. The molecule has 0 saturated carbocycles. The summed E-state index contributed by atoms with van der Waals surface area (Å²) in [5.41, 5.74) is 22.5. The van der Waals surface area contributed by atoms with Crippen molar-refractivity contribution in [3.63, 3.8) is 0 Å². The Morgan fingerprint density at radius 1 is 0.337 bits per heavy atom. The van der Waals surface area contributed by atoms with E-state index in [0.29, 0.717) is 0 Å². The van der Waals surface area contributed by atoms with Crippen LogP contribution in [0.5, 0.6) is 0 Å². The highest BCUT2D eigenvalue weighted by Gasteiger charge is 2.58. The number of hydrogen-bond acceptors (Lipinski definition) is 5. The molecule has 4 aromatic carbocycles. The first kappa shape index (κ1) is 62.1. The van der Waals surface area contributed by atoms with Crippen LogP contribution in [-0.2, 0) is 16.2 Å². The molecule has 3 aliphatic carbocycles. The lowest BCUT2D eigenvalue weighted by atomic mass is 9.63. The number of halogens is 1. The van der Waals surface area contributed by atoms with Crippen molar-refractivity contribution in [1.29, 1.82) is 0 Å². The van der Waals surface area contributed by atoms with Gasteiger partial charge in [-0.25, -0.2) is 0 Å². The van der Waals surface area contributed by atoms with E-state index in [1.165, 1.54) is 218 Å². The van der Waals surface area contributed by atoms with Crippen LogP contribution in [-0.4, -0.2) is 12.6 Å². The Kier molecular flexibility index (Phi) is 21.5. The van der Waals surface area contributed by atoms with E-state index in [-0.39, 0.29) is 16.2 Å². The predicted octanol–water partition coefficient (Wildman–Crippen LogP) is 25.7. The van der Waals surface area contributed by atoms with Gasteiger partial charge >= 0.3 is 0 Å². The number of hydrogen-bond donors (Lipinski definition) is 0. The van der Waals surface area contributed by atoms with Crippen molar-refractivity contribution < 1.29 is 9.59 Å². The topological polar surface area (TPSA) is 34.1 Å².